The summed E-state index contributed by atoms with van der Waals surface area (Å²) in [6.07, 6.45) is 0.263. The van der Waals surface area contributed by atoms with Gasteiger partial charge >= 0.3 is 6.03 Å². The lowest BCUT2D eigenvalue weighted by Gasteiger charge is -2.21. The Bertz CT molecular complexity index is 728. The minimum atomic E-state index is -0.885. The molecule has 136 valence electrons. The minimum absolute atomic E-state index is 0.0464. The van der Waals surface area contributed by atoms with Gasteiger partial charge in [-0.1, -0.05) is 48.5 Å². The summed E-state index contributed by atoms with van der Waals surface area (Å²) >= 11 is 5.56. The zero-order valence-corrected chi connectivity index (χ0v) is 14.7. The molecule has 2 aromatic rings. The predicted octanol–water partition coefficient (Wildman–Crippen LogP) is 3.17. The molecule has 26 heavy (non-hydrogen) atoms. The normalized spacial score (nSPS) is 11.3. The monoisotopic (exact) mass is 374 g/mol. The molecular weight excluding hydrogens is 356 g/mol. The van der Waals surface area contributed by atoms with Crippen LogP contribution in [0.1, 0.15) is 5.56 Å². The fourth-order valence-electron chi connectivity index (χ4n) is 2.29. The van der Waals surface area contributed by atoms with Crippen molar-refractivity contribution in [2.45, 2.75) is 12.5 Å². The van der Waals surface area contributed by atoms with Gasteiger partial charge in [0.25, 0.3) is 0 Å². The Morgan fingerprint density at radius 1 is 1.04 bits per heavy atom. The standard InChI is InChI=1S/C18H19ClN4O3/c19-11-12-23(22-26)18(25)21-16(13-14-7-3-1-4-8-14)17(24)20-15-9-5-2-6-10-15/h1-10,16H,11-13H2,(H,20,24)(H,21,25). The highest BCUT2D eigenvalue weighted by atomic mass is 35.5. The van der Waals surface area contributed by atoms with Crippen LogP contribution in [-0.4, -0.2) is 35.4 Å². The fourth-order valence-corrected chi connectivity index (χ4v) is 2.45. The number of hydrogen-bond acceptors (Lipinski definition) is 4. The van der Waals surface area contributed by atoms with Crippen molar-refractivity contribution in [3.63, 3.8) is 0 Å². The number of hydrogen-bond donors (Lipinski definition) is 2. The van der Waals surface area contributed by atoms with Gasteiger partial charge < -0.3 is 10.6 Å². The second-order valence-electron chi connectivity index (χ2n) is 5.44. The van der Waals surface area contributed by atoms with E-state index < -0.39 is 18.0 Å². The topological polar surface area (TPSA) is 90.9 Å². The van der Waals surface area contributed by atoms with E-state index in [4.69, 9.17) is 11.6 Å². The van der Waals surface area contributed by atoms with Crippen molar-refractivity contribution in [2.75, 3.05) is 17.7 Å². The molecular formula is C18H19ClN4O3. The molecule has 0 saturated heterocycles. The maximum Gasteiger partial charge on any atom is 0.341 e. The van der Waals surface area contributed by atoms with Crippen LogP contribution >= 0.6 is 11.6 Å². The van der Waals surface area contributed by atoms with Crippen LogP contribution in [0.15, 0.2) is 65.9 Å². The Morgan fingerprint density at radius 2 is 1.65 bits per heavy atom. The number of benzene rings is 2. The van der Waals surface area contributed by atoms with E-state index in [1.165, 1.54) is 0 Å². The van der Waals surface area contributed by atoms with Crippen molar-refractivity contribution in [3.8, 4) is 0 Å². The number of nitroso groups, excluding NO2 is 1. The van der Waals surface area contributed by atoms with Gasteiger partial charge in [-0.05, 0) is 17.7 Å². The molecule has 2 rings (SSSR count). The molecule has 1 unspecified atom stereocenters. The van der Waals surface area contributed by atoms with Crippen molar-refractivity contribution < 1.29 is 9.59 Å². The van der Waals surface area contributed by atoms with Crippen LogP contribution < -0.4 is 10.6 Å². The molecule has 0 bridgehead atoms. The molecule has 0 heterocycles. The number of para-hydroxylation sites is 1. The van der Waals surface area contributed by atoms with Crippen LogP contribution in [0.4, 0.5) is 10.5 Å². The molecule has 3 amide bonds. The van der Waals surface area contributed by atoms with Crippen LogP contribution in [0.25, 0.3) is 0 Å². The number of carbonyl (C=O) groups excluding carboxylic acids is 2. The molecule has 0 aliphatic carbocycles. The third kappa shape index (κ3) is 5.86. The van der Waals surface area contributed by atoms with Gasteiger partial charge in [-0.25, -0.2) is 4.79 Å². The number of urea groups is 1. The second kappa shape index (κ2) is 10.1. The molecule has 1 atom stereocenters. The van der Waals surface area contributed by atoms with Crippen LogP contribution in [-0.2, 0) is 11.2 Å². The number of nitrogens with one attached hydrogen (secondary N) is 2. The average Bonchev–Trinajstić information content (AvgIpc) is 2.67. The van der Waals surface area contributed by atoms with Gasteiger partial charge in [0.1, 0.15) is 6.04 Å². The first kappa shape index (κ1) is 19.4. The molecule has 2 aromatic carbocycles. The number of amides is 3. The number of rotatable bonds is 8. The summed E-state index contributed by atoms with van der Waals surface area (Å²) in [4.78, 5) is 35.6. The Kier molecular flexibility index (Phi) is 7.57. The Balaban J connectivity index is 2.13. The molecule has 2 N–H and O–H groups in total. The highest BCUT2D eigenvalue weighted by Gasteiger charge is 2.24. The van der Waals surface area contributed by atoms with E-state index in [1.807, 2.05) is 36.4 Å². The van der Waals surface area contributed by atoms with E-state index in [-0.39, 0.29) is 18.8 Å². The summed E-state index contributed by atoms with van der Waals surface area (Å²) in [5, 5.41) is 8.58. The van der Waals surface area contributed by atoms with E-state index in [9.17, 15) is 14.5 Å². The summed E-state index contributed by atoms with van der Waals surface area (Å²) in [5.41, 5.74) is 1.47. The van der Waals surface area contributed by atoms with Gasteiger partial charge in [-0.15, -0.1) is 16.5 Å². The smallest absolute Gasteiger partial charge is 0.324 e. The minimum Gasteiger partial charge on any atom is -0.324 e. The highest BCUT2D eigenvalue weighted by Crippen LogP contribution is 2.09. The second-order valence-corrected chi connectivity index (χ2v) is 5.82. The van der Waals surface area contributed by atoms with E-state index in [2.05, 4.69) is 15.9 Å². The van der Waals surface area contributed by atoms with E-state index in [0.717, 1.165) is 5.56 Å². The van der Waals surface area contributed by atoms with Crippen molar-refractivity contribution >= 4 is 29.2 Å². The lowest BCUT2D eigenvalue weighted by Crippen LogP contribution is -2.49. The Morgan fingerprint density at radius 3 is 2.23 bits per heavy atom. The molecule has 0 aromatic heterocycles. The van der Waals surface area contributed by atoms with Crippen molar-refractivity contribution in [1.82, 2.24) is 10.3 Å². The molecule has 0 radical (unpaired) electrons. The van der Waals surface area contributed by atoms with E-state index in [1.54, 1.807) is 24.3 Å². The summed E-state index contributed by atoms with van der Waals surface area (Å²) < 4.78 is 0. The zero-order valence-electron chi connectivity index (χ0n) is 14.0. The average molecular weight is 375 g/mol. The predicted molar refractivity (Wildman–Crippen MR) is 101 cm³/mol. The van der Waals surface area contributed by atoms with Crippen molar-refractivity contribution in [3.05, 3.63) is 71.1 Å². The summed E-state index contributed by atoms with van der Waals surface area (Å²) in [5.74, 6) is -0.344. The van der Waals surface area contributed by atoms with Crippen LogP contribution in [0.3, 0.4) is 0 Å². The fraction of sp³-hybridized carbons (Fsp3) is 0.222. The molecule has 8 heteroatoms. The molecule has 0 aliphatic heterocycles. The van der Waals surface area contributed by atoms with Crippen molar-refractivity contribution in [1.29, 1.82) is 0 Å². The Hall–Kier alpha value is -2.93. The van der Waals surface area contributed by atoms with E-state index in [0.29, 0.717) is 10.7 Å². The highest BCUT2D eigenvalue weighted by molar-refractivity contribution is 6.18. The number of alkyl halides is 1. The molecule has 0 fully saturated rings. The summed E-state index contributed by atoms with van der Waals surface area (Å²) in [7, 11) is 0. The third-order valence-electron chi connectivity index (χ3n) is 3.57. The van der Waals surface area contributed by atoms with Crippen molar-refractivity contribution in [2.24, 2.45) is 5.29 Å². The molecule has 0 aliphatic rings. The first-order valence-electron chi connectivity index (χ1n) is 8.01. The van der Waals surface area contributed by atoms with Crippen LogP contribution in [0.2, 0.25) is 0 Å². The van der Waals surface area contributed by atoms with Crippen LogP contribution in [0.5, 0.6) is 0 Å². The van der Waals surface area contributed by atoms with E-state index >= 15 is 0 Å². The van der Waals surface area contributed by atoms with Gasteiger partial charge in [0.2, 0.25) is 5.91 Å². The van der Waals surface area contributed by atoms with Gasteiger partial charge in [-0.3, -0.25) is 4.79 Å². The van der Waals surface area contributed by atoms with Gasteiger partial charge in [0.15, 0.2) is 0 Å². The SMILES string of the molecule is O=NN(CCCl)C(=O)NC(Cc1ccccc1)C(=O)Nc1ccccc1. The summed E-state index contributed by atoms with van der Waals surface area (Å²) in [6.45, 7) is -0.0464. The number of carbonyl (C=O) groups is 2. The van der Waals surface area contributed by atoms with Gasteiger partial charge in [0.05, 0.1) is 11.8 Å². The largest absolute Gasteiger partial charge is 0.341 e. The maximum atomic E-state index is 12.6. The molecule has 7 nitrogen and oxygen atoms in total. The zero-order chi connectivity index (χ0) is 18.8. The van der Waals surface area contributed by atoms with Gasteiger partial charge in [-0.2, -0.15) is 5.01 Å². The first-order chi connectivity index (χ1) is 12.6. The Labute approximate surface area is 156 Å². The molecule has 0 spiro atoms. The maximum absolute atomic E-state index is 12.6. The number of anilines is 1. The lowest BCUT2D eigenvalue weighted by molar-refractivity contribution is -0.118. The first-order valence-corrected chi connectivity index (χ1v) is 8.54. The quantitative estimate of drug-likeness (QED) is 0.422. The van der Waals surface area contributed by atoms with Gasteiger partial charge in [0, 0.05) is 18.0 Å². The number of nitrogens with zero attached hydrogens (tertiary/aromatic N) is 2. The lowest BCUT2D eigenvalue weighted by atomic mass is 10.1. The summed E-state index contributed by atoms with van der Waals surface area (Å²) in [6, 6.07) is 16.5. The number of halogens is 1. The molecule has 0 saturated carbocycles. The van der Waals surface area contributed by atoms with Crippen LogP contribution in [0, 0.1) is 4.91 Å². The third-order valence-corrected chi connectivity index (χ3v) is 3.74.